The van der Waals surface area contributed by atoms with E-state index >= 15 is 0 Å². The number of rotatable bonds is 4. The second kappa shape index (κ2) is 6.27. The van der Waals surface area contributed by atoms with E-state index in [4.69, 9.17) is 0 Å². The van der Waals surface area contributed by atoms with Gasteiger partial charge in [0.1, 0.15) is 5.82 Å². The smallest absolute Gasteiger partial charge is 0.317 e. The topological polar surface area (TPSA) is 61.0 Å². The molecule has 1 aliphatic rings. The number of likely N-dealkylation sites (tertiary alicyclic amines) is 1. The van der Waals surface area contributed by atoms with Gasteiger partial charge < -0.3 is 15.2 Å². The zero-order valence-electron chi connectivity index (χ0n) is 10.1. The lowest BCUT2D eigenvalue weighted by Gasteiger charge is -2.26. The summed E-state index contributed by atoms with van der Waals surface area (Å²) in [5, 5.41) is 2.96. The molecule has 0 unspecified atom stereocenters. The first-order valence-electron chi connectivity index (χ1n) is 6.37. The quantitative estimate of drug-likeness (QED) is 0.779. The van der Waals surface area contributed by atoms with Gasteiger partial charge in [-0.1, -0.05) is 0 Å². The minimum absolute atomic E-state index is 0.0872. The van der Waals surface area contributed by atoms with Crippen LogP contribution in [0.4, 0.5) is 4.79 Å². The highest BCUT2D eigenvalue weighted by atomic mass is 16.2. The summed E-state index contributed by atoms with van der Waals surface area (Å²) >= 11 is 0. The summed E-state index contributed by atoms with van der Waals surface area (Å²) in [6, 6.07) is 0.0872. The molecule has 2 heterocycles. The molecule has 0 aliphatic carbocycles. The van der Waals surface area contributed by atoms with Crippen molar-refractivity contribution in [3.8, 4) is 0 Å². The largest absolute Gasteiger partial charge is 0.349 e. The fourth-order valence-corrected chi connectivity index (χ4v) is 2.09. The number of urea groups is 1. The molecule has 0 radical (unpaired) electrons. The Hall–Kier alpha value is -1.52. The molecular weight excluding hydrogens is 216 g/mol. The van der Waals surface area contributed by atoms with Crippen LogP contribution in [-0.2, 0) is 6.42 Å². The average molecular weight is 236 g/mol. The van der Waals surface area contributed by atoms with E-state index in [0.29, 0.717) is 0 Å². The minimum Gasteiger partial charge on any atom is -0.349 e. The lowest BCUT2D eigenvalue weighted by molar-refractivity contribution is 0.186. The van der Waals surface area contributed by atoms with Crippen molar-refractivity contribution in [3.63, 3.8) is 0 Å². The Labute approximate surface area is 102 Å². The van der Waals surface area contributed by atoms with Crippen molar-refractivity contribution in [2.45, 2.75) is 32.1 Å². The summed E-state index contributed by atoms with van der Waals surface area (Å²) in [5.41, 5.74) is 0. The number of nitrogens with zero attached hydrogens (tertiary/aromatic N) is 2. The number of piperidine rings is 1. The van der Waals surface area contributed by atoms with E-state index in [1.165, 1.54) is 6.42 Å². The van der Waals surface area contributed by atoms with Crippen molar-refractivity contribution < 1.29 is 4.79 Å². The molecule has 94 valence electrons. The van der Waals surface area contributed by atoms with Crippen molar-refractivity contribution in [1.29, 1.82) is 0 Å². The van der Waals surface area contributed by atoms with Crippen LogP contribution < -0.4 is 5.32 Å². The van der Waals surface area contributed by atoms with Gasteiger partial charge in [0.05, 0.1) is 0 Å². The Morgan fingerprint density at radius 3 is 2.94 bits per heavy atom. The van der Waals surface area contributed by atoms with Gasteiger partial charge in [-0.05, 0) is 25.7 Å². The monoisotopic (exact) mass is 236 g/mol. The van der Waals surface area contributed by atoms with Crippen LogP contribution in [0.15, 0.2) is 12.4 Å². The predicted molar refractivity (Wildman–Crippen MR) is 65.7 cm³/mol. The fraction of sp³-hybridized carbons (Fsp3) is 0.667. The molecule has 17 heavy (non-hydrogen) atoms. The molecule has 1 fully saturated rings. The highest BCUT2D eigenvalue weighted by molar-refractivity contribution is 5.74. The summed E-state index contributed by atoms with van der Waals surface area (Å²) in [6.07, 6.45) is 8.91. The summed E-state index contributed by atoms with van der Waals surface area (Å²) in [7, 11) is 0. The van der Waals surface area contributed by atoms with Crippen LogP contribution in [0.3, 0.4) is 0 Å². The molecule has 5 nitrogen and oxygen atoms in total. The van der Waals surface area contributed by atoms with E-state index in [1.54, 1.807) is 6.20 Å². The SMILES string of the molecule is O=C(NCCCc1ncc[nH]1)N1CCCCC1. The molecule has 0 bridgehead atoms. The van der Waals surface area contributed by atoms with Crippen molar-refractivity contribution >= 4 is 6.03 Å². The van der Waals surface area contributed by atoms with Gasteiger partial charge >= 0.3 is 6.03 Å². The number of H-pyrrole nitrogens is 1. The van der Waals surface area contributed by atoms with E-state index in [0.717, 1.165) is 51.1 Å². The number of hydrogen-bond donors (Lipinski definition) is 2. The molecule has 2 rings (SSSR count). The van der Waals surface area contributed by atoms with Gasteiger partial charge in [-0.2, -0.15) is 0 Å². The number of nitrogens with one attached hydrogen (secondary N) is 2. The molecule has 1 saturated heterocycles. The maximum absolute atomic E-state index is 11.8. The molecule has 2 N–H and O–H groups in total. The molecule has 1 aliphatic heterocycles. The molecule has 0 aromatic carbocycles. The molecule has 0 saturated carbocycles. The first kappa shape index (κ1) is 12.0. The molecule has 1 aromatic heterocycles. The van der Waals surface area contributed by atoms with Crippen LogP contribution in [0.25, 0.3) is 0 Å². The van der Waals surface area contributed by atoms with Gasteiger partial charge in [0, 0.05) is 38.4 Å². The van der Waals surface area contributed by atoms with Gasteiger partial charge in [0.25, 0.3) is 0 Å². The third kappa shape index (κ3) is 3.76. The van der Waals surface area contributed by atoms with Crippen LogP contribution in [0.1, 0.15) is 31.5 Å². The number of imidazole rings is 1. The third-order valence-corrected chi connectivity index (χ3v) is 3.06. The Morgan fingerprint density at radius 1 is 1.41 bits per heavy atom. The number of carbonyl (C=O) groups excluding carboxylic acids is 1. The summed E-state index contributed by atoms with van der Waals surface area (Å²) in [6.45, 7) is 2.53. The van der Waals surface area contributed by atoms with Crippen molar-refractivity contribution in [2.24, 2.45) is 0 Å². The summed E-state index contributed by atoms with van der Waals surface area (Å²) in [4.78, 5) is 20.9. The van der Waals surface area contributed by atoms with E-state index in [1.807, 2.05) is 11.1 Å². The zero-order valence-corrected chi connectivity index (χ0v) is 10.1. The number of hydrogen-bond acceptors (Lipinski definition) is 2. The highest BCUT2D eigenvalue weighted by Crippen LogP contribution is 2.08. The lowest BCUT2D eigenvalue weighted by Crippen LogP contribution is -2.43. The van der Waals surface area contributed by atoms with E-state index < -0.39 is 0 Å². The number of carbonyl (C=O) groups is 1. The third-order valence-electron chi connectivity index (χ3n) is 3.06. The second-order valence-electron chi connectivity index (χ2n) is 4.42. The Morgan fingerprint density at radius 2 is 2.24 bits per heavy atom. The molecule has 0 atom stereocenters. The van der Waals surface area contributed by atoms with Gasteiger partial charge in [-0.3, -0.25) is 0 Å². The van der Waals surface area contributed by atoms with Crippen molar-refractivity contribution in [2.75, 3.05) is 19.6 Å². The van der Waals surface area contributed by atoms with Crippen LogP contribution in [0.5, 0.6) is 0 Å². The lowest BCUT2D eigenvalue weighted by atomic mass is 10.1. The van der Waals surface area contributed by atoms with E-state index in [2.05, 4.69) is 15.3 Å². The van der Waals surface area contributed by atoms with Gasteiger partial charge in [-0.15, -0.1) is 0 Å². The van der Waals surface area contributed by atoms with Gasteiger partial charge in [0.15, 0.2) is 0 Å². The first-order valence-corrected chi connectivity index (χ1v) is 6.37. The van der Waals surface area contributed by atoms with E-state index in [9.17, 15) is 4.79 Å². The van der Waals surface area contributed by atoms with E-state index in [-0.39, 0.29) is 6.03 Å². The molecule has 2 amide bonds. The second-order valence-corrected chi connectivity index (χ2v) is 4.42. The predicted octanol–water partition coefficient (Wildman–Crippen LogP) is 1.54. The number of aromatic nitrogens is 2. The van der Waals surface area contributed by atoms with Crippen molar-refractivity contribution in [3.05, 3.63) is 18.2 Å². The van der Waals surface area contributed by atoms with Crippen LogP contribution in [-0.4, -0.2) is 40.5 Å². The van der Waals surface area contributed by atoms with Crippen LogP contribution in [0, 0.1) is 0 Å². The highest BCUT2D eigenvalue weighted by Gasteiger charge is 2.15. The Kier molecular flexibility index (Phi) is 4.41. The normalized spacial score (nSPS) is 15.9. The summed E-state index contributed by atoms with van der Waals surface area (Å²) < 4.78 is 0. The average Bonchev–Trinajstić information content (AvgIpc) is 2.88. The molecule has 0 spiro atoms. The first-order chi connectivity index (χ1) is 8.36. The zero-order chi connectivity index (χ0) is 11.9. The standard InChI is InChI=1S/C12H20N4O/c17-12(16-9-2-1-3-10-16)15-6-4-5-11-13-7-8-14-11/h7-8H,1-6,9-10H2,(H,13,14)(H,15,17). The van der Waals surface area contributed by atoms with Gasteiger partial charge in [0.2, 0.25) is 0 Å². The number of aromatic amines is 1. The number of amides is 2. The Bertz CT molecular complexity index is 330. The van der Waals surface area contributed by atoms with Gasteiger partial charge in [-0.25, -0.2) is 9.78 Å². The Balaban J connectivity index is 1.59. The minimum atomic E-state index is 0.0872. The van der Waals surface area contributed by atoms with Crippen LogP contribution in [0.2, 0.25) is 0 Å². The fourth-order valence-electron chi connectivity index (χ4n) is 2.09. The summed E-state index contributed by atoms with van der Waals surface area (Å²) in [5.74, 6) is 0.984. The maximum atomic E-state index is 11.8. The molecule has 5 heteroatoms. The molecular formula is C12H20N4O. The maximum Gasteiger partial charge on any atom is 0.317 e. The van der Waals surface area contributed by atoms with Crippen molar-refractivity contribution in [1.82, 2.24) is 20.2 Å². The van der Waals surface area contributed by atoms with Crippen LogP contribution >= 0.6 is 0 Å². The molecule has 1 aromatic rings. The number of aryl methyl sites for hydroxylation is 1.